The van der Waals surface area contributed by atoms with Crippen LogP contribution in [0.2, 0.25) is 0 Å². The van der Waals surface area contributed by atoms with Crippen molar-refractivity contribution in [1.29, 1.82) is 0 Å². The van der Waals surface area contributed by atoms with Crippen LogP contribution in [0.3, 0.4) is 0 Å². The topological polar surface area (TPSA) is 32.3 Å². The predicted molar refractivity (Wildman–Crippen MR) is 52.6 cm³/mol. The van der Waals surface area contributed by atoms with Crippen molar-refractivity contribution in [2.45, 2.75) is 25.5 Å². The molecule has 2 atom stereocenters. The highest BCUT2D eigenvalue weighted by atomic mass is 16.3. The first-order valence-electron chi connectivity index (χ1n) is 4.82. The van der Waals surface area contributed by atoms with Gasteiger partial charge in [0, 0.05) is 6.04 Å². The third kappa shape index (κ3) is 1.47. The second-order valence-electron chi connectivity index (χ2n) is 3.51. The minimum Gasteiger partial charge on any atom is -0.387 e. The largest absolute Gasteiger partial charge is 0.387 e. The molecule has 0 heterocycles. The summed E-state index contributed by atoms with van der Waals surface area (Å²) in [6.45, 7) is 2.98. The first-order chi connectivity index (χ1) is 6.33. The van der Waals surface area contributed by atoms with E-state index in [-0.39, 0.29) is 12.1 Å². The molecule has 0 aliphatic heterocycles. The van der Waals surface area contributed by atoms with Crippen molar-refractivity contribution in [3.8, 4) is 0 Å². The van der Waals surface area contributed by atoms with Crippen LogP contribution in [0.25, 0.3) is 0 Å². The second-order valence-corrected chi connectivity index (χ2v) is 3.51. The van der Waals surface area contributed by atoms with Crippen molar-refractivity contribution >= 4 is 0 Å². The lowest BCUT2D eigenvalue weighted by Crippen LogP contribution is -2.32. The fraction of sp³-hybridized carbons (Fsp3) is 0.455. The van der Waals surface area contributed by atoms with Gasteiger partial charge in [-0.15, -0.1) is 0 Å². The Balaban J connectivity index is 2.22. The molecule has 70 valence electrons. The summed E-state index contributed by atoms with van der Waals surface area (Å²) in [5, 5.41) is 13.2. The summed E-state index contributed by atoms with van der Waals surface area (Å²) in [5.41, 5.74) is 2.37. The van der Waals surface area contributed by atoms with Crippen LogP contribution in [-0.2, 0) is 6.42 Å². The van der Waals surface area contributed by atoms with E-state index in [1.807, 2.05) is 18.2 Å². The molecule has 2 heteroatoms. The van der Waals surface area contributed by atoms with Crippen LogP contribution < -0.4 is 5.32 Å². The number of aliphatic hydroxyl groups is 1. The Morgan fingerprint density at radius 3 is 2.92 bits per heavy atom. The molecule has 0 aromatic heterocycles. The van der Waals surface area contributed by atoms with E-state index in [4.69, 9.17) is 0 Å². The Kier molecular flexibility index (Phi) is 2.34. The van der Waals surface area contributed by atoms with E-state index >= 15 is 0 Å². The summed E-state index contributed by atoms with van der Waals surface area (Å²) in [6, 6.07) is 8.33. The van der Waals surface area contributed by atoms with Crippen LogP contribution in [0.15, 0.2) is 24.3 Å². The van der Waals surface area contributed by atoms with Crippen LogP contribution >= 0.6 is 0 Å². The van der Waals surface area contributed by atoms with Gasteiger partial charge in [0.05, 0.1) is 6.10 Å². The number of likely N-dealkylation sites (N-methyl/N-ethyl adjacent to an activating group) is 1. The van der Waals surface area contributed by atoms with Crippen molar-refractivity contribution < 1.29 is 5.11 Å². The van der Waals surface area contributed by atoms with Gasteiger partial charge in [0.1, 0.15) is 0 Å². The van der Waals surface area contributed by atoms with E-state index in [0.29, 0.717) is 0 Å². The van der Waals surface area contributed by atoms with Gasteiger partial charge in [-0.05, 0) is 24.1 Å². The molecule has 2 nitrogen and oxygen atoms in total. The summed E-state index contributed by atoms with van der Waals surface area (Å²) in [4.78, 5) is 0. The van der Waals surface area contributed by atoms with Gasteiger partial charge < -0.3 is 10.4 Å². The molecule has 0 fully saturated rings. The highest BCUT2D eigenvalue weighted by molar-refractivity contribution is 5.35. The zero-order chi connectivity index (χ0) is 9.26. The molecule has 2 rings (SSSR count). The van der Waals surface area contributed by atoms with Crippen molar-refractivity contribution in [3.05, 3.63) is 35.4 Å². The molecular weight excluding hydrogens is 162 g/mol. The second kappa shape index (κ2) is 3.48. The van der Waals surface area contributed by atoms with Gasteiger partial charge in [-0.2, -0.15) is 0 Å². The Hall–Kier alpha value is -0.860. The Labute approximate surface area is 78.6 Å². The molecule has 1 aromatic rings. The van der Waals surface area contributed by atoms with E-state index in [1.54, 1.807) is 0 Å². The average molecular weight is 177 g/mol. The first kappa shape index (κ1) is 8.73. The van der Waals surface area contributed by atoms with E-state index in [0.717, 1.165) is 18.5 Å². The molecule has 0 unspecified atom stereocenters. The van der Waals surface area contributed by atoms with Gasteiger partial charge in [-0.25, -0.2) is 0 Å². The van der Waals surface area contributed by atoms with Gasteiger partial charge in [0.15, 0.2) is 0 Å². The van der Waals surface area contributed by atoms with Gasteiger partial charge in [0.25, 0.3) is 0 Å². The Bertz CT molecular complexity index is 298. The van der Waals surface area contributed by atoms with Gasteiger partial charge >= 0.3 is 0 Å². The summed E-state index contributed by atoms with van der Waals surface area (Å²) in [6.07, 6.45) is 0.627. The van der Waals surface area contributed by atoms with E-state index in [1.165, 1.54) is 5.56 Å². The highest BCUT2D eigenvalue weighted by Gasteiger charge is 2.29. The minimum atomic E-state index is -0.323. The van der Waals surface area contributed by atoms with Crippen molar-refractivity contribution in [1.82, 2.24) is 5.32 Å². The van der Waals surface area contributed by atoms with Gasteiger partial charge in [-0.3, -0.25) is 0 Å². The summed E-state index contributed by atoms with van der Waals surface area (Å²) in [5.74, 6) is 0. The van der Waals surface area contributed by atoms with E-state index < -0.39 is 0 Å². The molecule has 2 N–H and O–H groups in total. The molecular formula is C11H15NO. The molecule has 1 aliphatic carbocycles. The normalized spacial score (nSPS) is 26.0. The predicted octanol–water partition coefficient (Wildman–Crippen LogP) is 1.25. The van der Waals surface area contributed by atoms with Crippen molar-refractivity contribution in [3.63, 3.8) is 0 Å². The maximum atomic E-state index is 9.91. The molecule has 0 saturated heterocycles. The number of benzene rings is 1. The number of rotatable bonds is 2. The molecule has 0 saturated carbocycles. The number of hydrogen-bond donors (Lipinski definition) is 2. The Morgan fingerprint density at radius 2 is 2.23 bits per heavy atom. The molecule has 0 amide bonds. The zero-order valence-electron chi connectivity index (χ0n) is 7.83. The van der Waals surface area contributed by atoms with Crippen LogP contribution in [0, 0.1) is 0 Å². The van der Waals surface area contributed by atoms with Crippen molar-refractivity contribution in [2.24, 2.45) is 0 Å². The third-order valence-electron chi connectivity index (χ3n) is 2.66. The maximum Gasteiger partial charge on any atom is 0.0948 e. The number of hydrogen-bond acceptors (Lipinski definition) is 2. The molecule has 0 bridgehead atoms. The molecule has 1 aromatic carbocycles. The van der Waals surface area contributed by atoms with E-state index in [2.05, 4.69) is 18.3 Å². The zero-order valence-corrected chi connectivity index (χ0v) is 7.83. The number of nitrogens with one attached hydrogen (secondary N) is 1. The summed E-state index contributed by atoms with van der Waals surface area (Å²) < 4.78 is 0. The van der Waals surface area contributed by atoms with Crippen molar-refractivity contribution in [2.75, 3.05) is 6.54 Å². The smallest absolute Gasteiger partial charge is 0.0948 e. The van der Waals surface area contributed by atoms with E-state index in [9.17, 15) is 5.11 Å². The SMILES string of the molecule is CCN[C@@H]1Cc2ccccc2[C@H]1O. The average Bonchev–Trinajstić information content (AvgIpc) is 2.46. The van der Waals surface area contributed by atoms with Crippen LogP contribution in [0.5, 0.6) is 0 Å². The Morgan fingerprint density at radius 1 is 1.46 bits per heavy atom. The maximum absolute atomic E-state index is 9.91. The van der Waals surface area contributed by atoms with Crippen LogP contribution in [0.4, 0.5) is 0 Å². The molecule has 1 aliphatic rings. The lowest BCUT2D eigenvalue weighted by atomic mass is 10.1. The number of fused-ring (bicyclic) bond motifs is 1. The first-order valence-corrected chi connectivity index (χ1v) is 4.82. The van der Waals surface area contributed by atoms with Gasteiger partial charge in [-0.1, -0.05) is 31.2 Å². The summed E-state index contributed by atoms with van der Waals surface area (Å²) >= 11 is 0. The fourth-order valence-corrected chi connectivity index (χ4v) is 2.02. The quantitative estimate of drug-likeness (QED) is 0.712. The monoisotopic (exact) mass is 177 g/mol. The molecule has 13 heavy (non-hydrogen) atoms. The molecule has 0 radical (unpaired) electrons. The van der Waals surface area contributed by atoms with Crippen LogP contribution in [0.1, 0.15) is 24.2 Å². The third-order valence-corrected chi connectivity index (χ3v) is 2.66. The van der Waals surface area contributed by atoms with Gasteiger partial charge in [0.2, 0.25) is 0 Å². The summed E-state index contributed by atoms with van der Waals surface area (Å²) in [7, 11) is 0. The van der Waals surface area contributed by atoms with Crippen LogP contribution in [-0.4, -0.2) is 17.7 Å². The molecule has 0 spiro atoms. The fourth-order valence-electron chi connectivity index (χ4n) is 2.02. The number of aliphatic hydroxyl groups excluding tert-OH is 1. The minimum absolute atomic E-state index is 0.211. The lowest BCUT2D eigenvalue weighted by Gasteiger charge is -2.15. The highest BCUT2D eigenvalue weighted by Crippen LogP contribution is 2.30. The lowest BCUT2D eigenvalue weighted by molar-refractivity contribution is 0.143. The standard InChI is InChI=1S/C11H15NO/c1-2-12-10-7-8-5-3-4-6-9(8)11(10)13/h3-6,10-13H,2,7H2,1H3/t10-,11-/m1/s1.